The highest BCUT2D eigenvalue weighted by atomic mass is 32.1. The minimum absolute atomic E-state index is 0.810. The molecule has 0 fully saturated rings. The molecule has 0 N–H and O–H groups in total. The number of rotatable bonds is 4. The molecular weight excluding hydrogens is 180 g/mol. The lowest BCUT2D eigenvalue weighted by molar-refractivity contribution is 0.855. The number of aryl methyl sites for hydroxylation is 2. The maximum absolute atomic E-state index is 8.85. The second kappa shape index (κ2) is 4.98. The Morgan fingerprint density at radius 3 is 2.54 bits per heavy atom. The summed E-state index contributed by atoms with van der Waals surface area (Å²) in [7, 11) is 0. The third-order valence-electron chi connectivity index (χ3n) is 1.79. The molecule has 0 radical (unpaired) electrons. The largest absolute Gasteiger partial charge is 0.245 e. The average molecular weight is 194 g/mol. The van der Waals surface area contributed by atoms with Crippen molar-refractivity contribution >= 4 is 11.3 Å². The molecule has 1 aromatic heterocycles. The minimum atomic E-state index is 0.810. The highest BCUT2D eigenvalue weighted by molar-refractivity contribution is 7.12. The highest BCUT2D eigenvalue weighted by Crippen LogP contribution is 2.19. The van der Waals surface area contributed by atoms with Crippen molar-refractivity contribution < 1.29 is 0 Å². The number of hydrogen-bond donors (Lipinski definition) is 0. The second-order valence-corrected chi connectivity index (χ2v) is 4.08. The minimum Gasteiger partial charge on any atom is -0.245 e. The molecule has 0 atom stereocenters. The standard InChI is InChI=1S/C10H14N2S/c1-3-5-8-9(7-11)13-10(12-8)6-4-2/h3-6H2,1-2H3. The van der Waals surface area contributed by atoms with Gasteiger partial charge in [0.25, 0.3) is 0 Å². The van der Waals surface area contributed by atoms with Crippen LogP contribution in [0.15, 0.2) is 0 Å². The lowest BCUT2D eigenvalue weighted by Gasteiger charge is -1.90. The fourth-order valence-corrected chi connectivity index (χ4v) is 2.22. The van der Waals surface area contributed by atoms with E-state index in [4.69, 9.17) is 5.26 Å². The summed E-state index contributed by atoms with van der Waals surface area (Å²) in [5.41, 5.74) is 0.999. The fourth-order valence-electron chi connectivity index (χ4n) is 1.22. The SMILES string of the molecule is CCCc1nc(CCC)c(C#N)s1. The third-order valence-corrected chi connectivity index (χ3v) is 2.86. The van der Waals surface area contributed by atoms with Gasteiger partial charge in [0.1, 0.15) is 10.9 Å². The van der Waals surface area contributed by atoms with Gasteiger partial charge in [-0.3, -0.25) is 0 Å². The van der Waals surface area contributed by atoms with Crippen molar-refractivity contribution in [2.45, 2.75) is 39.5 Å². The van der Waals surface area contributed by atoms with Crippen molar-refractivity contribution in [2.24, 2.45) is 0 Å². The van der Waals surface area contributed by atoms with Crippen LogP contribution in [0.5, 0.6) is 0 Å². The predicted octanol–water partition coefficient (Wildman–Crippen LogP) is 2.92. The van der Waals surface area contributed by atoms with E-state index in [1.54, 1.807) is 11.3 Å². The number of aromatic nitrogens is 1. The van der Waals surface area contributed by atoms with Crippen LogP contribution in [-0.4, -0.2) is 4.98 Å². The Balaban J connectivity index is 2.85. The summed E-state index contributed by atoms with van der Waals surface area (Å²) in [4.78, 5) is 5.27. The molecule has 1 aromatic rings. The zero-order valence-corrected chi connectivity index (χ0v) is 8.95. The summed E-state index contributed by atoms with van der Waals surface area (Å²) < 4.78 is 0. The summed E-state index contributed by atoms with van der Waals surface area (Å²) in [5.74, 6) is 0. The molecule has 3 heteroatoms. The normalized spacial score (nSPS) is 9.92. The van der Waals surface area contributed by atoms with Crippen molar-refractivity contribution in [1.29, 1.82) is 5.26 Å². The summed E-state index contributed by atoms with van der Waals surface area (Å²) in [6, 6.07) is 2.22. The first-order valence-electron chi connectivity index (χ1n) is 4.70. The topological polar surface area (TPSA) is 36.7 Å². The molecule has 1 rings (SSSR count). The van der Waals surface area contributed by atoms with Gasteiger partial charge < -0.3 is 0 Å². The molecular formula is C10H14N2S. The van der Waals surface area contributed by atoms with Crippen LogP contribution in [0.2, 0.25) is 0 Å². The van der Waals surface area contributed by atoms with E-state index in [1.165, 1.54) is 0 Å². The maximum atomic E-state index is 8.85. The lowest BCUT2D eigenvalue weighted by Crippen LogP contribution is -1.87. The highest BCUT2D eigenvalue weighted by Gasteiger charge is 2.08. The Morgan fingerprint density at radius 2 is 2.00 bits per heavy atom. The van der Waals surface area contributed by atoms with Gasteiger partial charge in [-0.15, -0.1) is 11.3 Å². The Hall–Kier alpha value is -0.880. The van der Waals surface area contributed by atoms with Crippen LogP contribution in [0.4, 0.5) is 0 Å². The van der Waals surface area contributed by atoms with Crippen LogP contribution in [-0.2, 0) is 12.8 Å². The van der Waals surface area contributed by atoms with Crippen LogP contribution < -0.4 is 0 Å². The van der Waals surface area contributed by atoms with E-state index in [0.29, 0.717) is 0 Å². The van der Waals surface area contributed by atoms with Gasteiger partial charge in [-0.2, -0.15) is 5.26 Å². The maximum Gasteiger partial charge on any atom is 0.128 e. The summed E-state index contributed by atoms with van der Waals surface area (Å²) in [5, 5.41) is 9.96. The first-order valence-corrected chi connectivity index (χ1v) is 5.52. The number of thiazole rings is 1. The van der Waals surface area contributed by atoms with Gasteiger partial charge in [0.2, 0.25) is 0 Å². The van der Waals surface area contributed by atoms with E-state index in [2.05, 4.69) is 24.9 Å². The van der Waals surface area contributed by atoms with Gasteiger partial charge in [0.05, 0.1) is 10.7 Å². The smallest absolute Gasteiger partial charge is 0.128 e. The zero-order valence-electron chi connectivity index (χ0n) is 8.13. The molecule has 0 spiro atoms. The van der Waals surface area contributed by atoms with Gasteiger partial charge >= 0.3 is 0 Å². The van der Waals surface area contributed by atoms with Crippen molar-refractivity contribution in [3.8, 4) is 6.07 Å². The molecule has 0 unspecified atom stereocenters. The van der Waals surface area contributed by atoms with E-state index in [0.717, 1.165) is 41.3 Å². The molecule has 2 nitrogen and oxygen atoms in total. The van der Waals surface area contributed by atoms with Gasteiger partial charge in [0, 0.05) is 0 Å². The molecule has 0 aliphatic rings. The Bertz CT molecular complexity index is 309. The Morgan fingerprint density at radius 1 is 1.31 bits per heavy atom. The first-order chi connectivity index (χ1) is 6.31. The van der Waals surface area contributed by atoms with Crippen molar-refractivity contribution in [3.63, 3.8) is 0 Å². The van der Waals surface area contributed by atoms with Gasteiger partial charge in [-0.05, 0) is 19.3 Å². The third kappa shape index (κ3) is 2.53. The Labute approximate surface area is 83.2 Å². The molecule has 0 saturated heterocycles. The molecule has 0 amide bonds. The molecule has 0 saturated carbocycles. The average Bonchev–Trinajstić information content (AvgIpc) is 2.49. The lowest BCUT2D eigenvalue weighted by atomic mass is 10.2. The molecule has 0 bridgehead atoms. The number of hydrogen-bond acceptors (Lipinski definition) is 3. The van der Waals surface area contributed by atoms with Crippen molar-refractivity contribution in [2.75, 3.05) is 0 Å². The molecule has 70 valence electrons. The van der Waals surface area contributed by atoms with E-state index in [-0.39, 0.29) is 0 Å². The van der Waals surface area contributed by atoms with Gasteiger partial charge in [-0.25, -0.2) is 4.98 Å². The molecule has 0 aromatic carbocycles. The predicted molar refractivity (Wildman–Crippen MR) is 54.8 cm³/mol. The fraction of sp³-hybridized carbons (Fsp3) is 0.600. The summed E-state index contributed by atoms with van der Waals surface area (Å²) >= 11 is 1.55. The van der Waals surface area contributed by atoms with Crippen LogP contribution in [0.1, 0.15) is 42.3 Å². The first kappa shape index (κ1) is 10.2. The van der Waals surface area contributed by atoms with E-state index < -0.39 is 0 Å². The summed E-state index contributed by atoms with van der Waals surface area (Å²) in [6.07, 6.45) is 4.10. The van der Waals surface area contributed by atoms with Crippen LogP contribution in [0, 0.1) is 11.3 Å². The number of nitrogens with zero attached hydrogens (tertiary/aromatic N) is 2. The van der Waals surface area contributed by atoms with Gasteiger partial charge in [-0.1, -0.05) is 20.3 Å². The van der Waals surface area contributed by atoms with E-state index in [9.17, 15) is 0 Å². The zero-order chi connectivity index (χ0) is 9.68. The van der Waals surface area contributed by atoms with Crippen molar-refractivity contribution in [1.82, 2.24) is 4.98 Å². The van der Waals surface area contributed by atoms with Crippen LogP contribution in [0.25, 0.3) is 0 Å². The molecule has 0 aliphatic carbocycles. The van der Waals surface area contributed by atoms with E-state index in [1.807, 2.05) is 0 Å². The molecule has 13 heavy (non-hydrogen) atoms. The quantitative estimate of drug-likeness (QED) is 0.739. The monoisotopic (exact) mass is 194 g/mol. The van der Waals surface area contributed by atoms with Crippen LogP contribution >= 0.6 is 11.3 Å². The molecule has 0 aliphatic heterocycles. The second-order valence-electron chi connectivity index (χ2n) is 3.00. The molecule has 1 heterocycles. The van der Waals surface area contributed by atoms with Crippen LogP contribution in [0.3, 0.4) is 0 Å². The Kier molecular flexibility index (Phi) is 3.91. The van der Waals surface area contributed by atoms with Gasteiger partial charge in [0.15, 0.2) is 0 Å². The summed E-state index contributed by atoms with van der Waals surface area (Å²) in [6.45, 7) is 4.24. The number of nitriles is 1. The van der Waals surface area contributed by atoms with Crippen molar-refractivity contribution in [3.05, 3.63) is 15.6 Å². The van der Waals surface area contributed by atoms with E-state index >= 15 is 0 Å².